The summed E-state index contributed by atoms with van der Waals surface area (Å²) in [6, 6.07) is 13.2. The highest BCUT2D eigenvalue weighted by Crippen LogP contribution is 2.32. The highest BCUT2D eigenvalue weighted by atomic mass is 35.5. The molecule has 0 aliphatic heterocycles. The lowest BCUT2D eigenvalue weighted by Gasteiger charge is -2.10. The molecule has 0 fully saturated rings. The zero-order valence-electron chi connectivity index (χ0n) is 16.5. The van der Waals surface area contributed by atoms with Crippen molar-refractivity contribution in [3.8, 4) is 17.2 Å². The van der Waals surface area contributed by atoms with Gasteiger partial charge in [0.25, 0.3) is 5.91 Å². The molecule has 0 aliphatic rings. The average molecular weight is 508 g/mol. The molecule has 0 saturated heterocycles. The number of oxazole rings is 1. The van der Waals surface area contributed by atoms with E-state index in [1.54, 1.807) is 42.5 Å². The number of hydrogen-bond acceptors (Lipinski definition) is 5. The molecule has 0 atom stereocenters. The van der Waals surface area contributed by atoms with Gasteiger partial charge in [-0.15, -0.1) is 0 Å². The van der Waals surface area contributed by atoms with E-state index in [1.807, 2.05) is 0 Å². The number of thiocarbonyl (C=S) groups is 1. The van der Waals surface area contributed by atoms with Gasteiger partial charge in [0.2, 0.25) is 5.89 Å². The van der Waals surface area contributed by atoms with Gasteiger partial charge in [-0.2, -0.15) is 0 Å². The maximum absolute atomic E-state index is 13.6. The Morgan fingerprint density at radius 2 is 1.79 bits per heavy atom. The zero-order valence-corrected chi connectivity index (χ0v) is 18.8. The van der Waals surface area contributed by atoms with E-state index in [0.717, 1.165) is 12.1 Å². The highest BCUT2D eigenvalue weighted by Gasteiger charge is 2.16. The number of carbonyl (C=O) groups excluding carboxylic acids is 1. The summed E-state index contributed by atoms with van der Waals surface area (Å²) in [7, 11) is 0. The van der Waals surface area contributed by atoms with Gasteiger partial charge >= 0.3 is 0 Å². The van der Waals surface area contributed by atoms with Crippen molar-refractivity contribution in [2.45, 2.75) is 0 Å². The van der Waals surface area contributed by atoms with Crippen LogP contribution in [0.2, 0.25) is 10.0 Å². The van der Waals surface area contributed by atoms with E-state index in [2.05, 4.69) is 15.6 Å². The minimum Gasteiger partial charge on any atom is -0.484 e. The molecule has 33 heavy (non-hydrogen) atoms. The number of hydrogen-bond donors (Lipinski definition) is 2. The van der Waals surface area contributed by atoms with Crippen molar-refractivity contribution in [2.75, 3.05) is 11.9 Å². The first kappa shape index (κ1) is 22.9. The summed E-state index contributed by atoms with van der Waals surface area (Å²) in [5.41, 5.74) is 1.44. The van der Waals surface area contributed by atoms with Gasteiger partial charge in [-0.25, -0.2) is 13.8 Å². The van der Waals surface area contributed by atoms with E-state index in [9.17, 15) is 13.6 Å². The van der Waals surface area contributed by atoms with Crippen LogP contribution in [0, 0.1) is 11.6 Å². The number of aromatic nitrogens is 1. The first-order chi connectivity index (χ1) is 15.8. The fraction of sp³-hybridized carbons (Fsp3) is 0.0455. The second-order valence-electron chi connectivity index (χ2n) is 6.69. The second kappa shape index (κ2) is 9.70. The number of carbonyl (C=O) groups is 1. The van der Waals surface area contributed by atoms with E-state index < -0.39 is 17.5 Å². The Hall–Kier alpha value is -3.27. The SMILES string of the molecule is O=C(COc1ccc(Cl)cc1)NC(=S)Nc1ccc2oc(-c3cc(F)c(F)cc3Cl)nc2c1. The molecule has 4 rings (SSSR count). The second-order valence-corrected chi connectivity index (χ2v) is 7.94. The monoisotopic (exact) mass is 507 g/mol. The standard InChI is InChI=1S/C22H13Cl2F2N3O3S/c23-11-1-4-13(5-2-11)31-10-20(30)29-22(33)27-12-3-6-19-18(7-12)28-21(32-19)14-8-16(25)17(26)9-15(14)24/h1-9H,10H2,(H2,27,29,30,33). The number of benzene rings is 3. The van der Waals surface area contributed by atoms with Crippen molar-refractivity contribution in [2.24, 2.45) is 0 Å². The quantitative estimate of drug-likeness (QED) is 0.256. The Morgan fingerprint density at radius 3 is 2.55 bits per heavy atom. The number of nitrogens with one attached hydrogen (secondary N) is 2. The van der Waals surface area contributed by atoms with Crippen molar-refractivity contribution in [1.29, 1.82) is 0 Å². The van der Waals surface area contributed by atoms with E-state index in [4.69, 9.17) is 44.6 Å². The molecule has 1 aromatic heterocycles. The van der Waals surface area contributed by atoms with Crippen LogP contribution in [-0.4, -0.2) is 22.6 Å². The number of anilines is 1. The molecule has 4 aromatic rings. The lowest BCUT2D eigenvalue weighted by molar-refractivity contribution is -0.121. The van der Waals surface area contributed by atoms with Crippen LogP contribution in [-0.2, 0) is 4.79 Å². The zero-order chi connectivity index (χ0) is 23.5. The van der Waals surface area contributed by atoms with Crippen LogP contribution in [0.4, 0.5) is 14.5 Å². The molecule has 6 nitrogen and oxygen atoms in total. The van der Waals surface area contributed by atoms with Gasteiger partial charge < -0.3 is 14.5 Å². The summed E-state index contributed by atoms with van der Waals surface area (Å²) >= 11 is 16.9. The average Bonchev–Trinajstić information content (AvgIpc) is 3.19. The van der Waals surface area contributed by atoms with Gasteiger partial charge in [-0.3, -0.25) is 10.1 Å². The van der Waals surface area contributed by atoms with E-state index in [0.29, 0.717) is 27.6 Å². The van der Waals surface area contributed by atoms with E-state index >= 15 is 0 Å². The predicted octanol–water partition coefficient (Wildman–Crippen LogP) is 5.97. The molecule has 0 spiro atoms. The Kier molecular flexibility index (Phi) is 6.73. The molecule has 0 unspecified atom stereocenters. The fourth-order valence-electron chi connectivity index (χ4n) is 2.81. The van der Waals surface area contributed by atoms with Gasteiger partial charge in [0, 0.05) is 10.7 Å². The first-order valence-corrected chi connectivity index (χ1v) is 10.5. The normalized spacial score (nSPS) is 10.8. The van der Waals surface area contributed by atoms with Gasteiger partial charge in [0.15, 0.2) is 28.9 Å². The fourth-order valence-corrected chi connectivity index (χ4v) is 3.40. The molecule has 1 heterocycles. The number of fused-ring (bicyclic) bond motifs is 1. The lowest BCUT2D eigenvalue weighted by atomic mass is 10.2. The molecular weight excluding hydrogens is 495 g/mol. The van der Waals surface area contributed by atoms with Gasteiger partial charge in [0.05, 0.1) is 10.6 Å². The third-order valence-electron chi connectivity index (χ3n) is 4.32. The molecule has 1 amide bonds. The Balaban J connectivity index is 1.40. The third-order valence-corrected chi connectivity index (χ3v) is 5.09. The summed E-state index contributed by atoms with van der Waals surface area (Å²) < 4.78 is 37.9. The van der Waals surface area contributed by atoms with Crippen LogP contribution < -0.4 is 15.4 Å². The summed E-state index contributed by atoms with van der Waals surface area (Å²) in [6.45, 7) is -0.246. The molecule has 3 aromatic carbocycles. The number of halogens is 4. The number of ether oxygens (including phenoxy) is 1. The van der Waals surface area contributed by atoms with Crippen LogP contribution in [0.3, 0.4) is 0 Å². The van der Waals surface area contributed by atoms with Gasteiger partial charge in [-0.1, -0.05) is 23.2 Å². The van der Waals surface area contributed by atoms with Crippen LogP contribution in [0.25, 0.3) is 22.6 Å². The van der Waals surface area contributed by atoms with Crippen LogP contribution in [0.1, 0.15) is 0 Å². The van der Waals surface area contributed by atoms with Crippen molar-refractivity contribution in [3.05, 3.63) is 76.3 Å². The summed E-state index contributed by atoms with van der Waals surface area (Å²) in [5.74, 6) is -2.08. The topological polar surface area (TPSA) is 76.4 Å². The van der Waals surface area contributed by atoms with Crippen molar-refractivity contribution < 1.29 is 22.7 Å². The number of amides is 1. The third kappa shape index (κ3) is 5.57. The maximum Gasteiger partial charge on any atom is 0.264 e. The number of nitrogens with zero attached hydrogens (tertiary/aromatic N) is 1. The Labute approximate surface area is 201 Å². The smallest absolute Gasteiger partial charge is 0.264 e. The number of rotatable bonds is 5. The predicted molar refractivity (Wildman–Crippen MR) is 126 cm³/mol. The minimum atomic E-state index is -1.07. The van der Waals surface area contributed by atoms with E-state index in [1.165, 1.54) is 0 Å². The van der Waals surface area contributed by atoms with Gasteiger partial charge in [0.1, 0.15) is 11.3 Å². The highest BCUT2D eigenvalue weighted by molar-refractivity contribution is 7.80. The van der Waals surface area contributed by atoms with Crippen molar-refractivity contribution >= 4 is 63.2 Å². The molecular formula is C22H13Cl2F2N3O3S. The summed E-state index contributed by atoms with van der Waals surface area (Å²) in [4.78, 5) is 16.3. The van der Waals surface area contributed by atoms with Crippen LogP contribution >= 0.6 is 35.4 Å². The van der Waals surface area contributed by atoms with Crippen molar-refractivity contribution in [3.63, 3.8) is 0 Å². The lowest BCUT2D eigenvalue weighted by Crippen LogP contribution is -2.37. The largest absolute Gasteiger partial charge is 0.484 e. The van der Waals surface area contributed by atoms with Crippen molar-refractivity contribution in [1.82, 2.24) is 10.3 Å². The molecule has 0 bridgehead atoms. The van der Waals surface area contributed by atoms with E-state index in [-0.39, 0.29) is 28.2 Å². The van der Waals surface area contributed by atoms with Crippen LogP contribution in [0.15, 0.2) is 59.0 Å². The molecule has 2 N–H and O–H groups in total. The van der Waals surface area contributed by atoms with Gasteiger partial charge in [-0.05, 0) is 66.8 Å². The Bertz CT molecular complexity index is 1360. The maximum atomic E-state index is 13.6. The Morgan fingerprint density at radius 1 is 1.06 bits per heavy atom. The molecule has 0 saturated carbocycles. The molecule has 0 radical (unpaired) electrons. The molecule has 11 heteroatoms. The summed E-state index contributed by atoms with van der Waals surface area (Å²) in [6.07, 6.45) is 0. The first-order valence-electron chi connectivity index (χ1n) is 9.33. The van der Waals surface area contributed by atoms with Crippen LogP contribution in [0.5, 0.6) is 5.75 Å². The molecule has 0 aliphatic carbocycles. The molecule has 168 valence electrons. The summed E-state index contributed by atoms with van der Waals surface area (Å²) in [5, 5.41) is 5.92. The minimum absolute atomic E-state index is 0.0290.